The van der Waals surface area contributed by atoms with E-state index in [0.717, 1.165) is 11.1 Å². The fourth-order valence-electron chi connectivity index (χ4n) is 2.00. The van der Waals surface area contributed by atoms with Gasteiger partial charge in [-0.3, -0.25) is 4.79 Å². The van der Waals surface area contributed by atoms with Gasteiger partial charge in [0.2, 0.25) is 0 Å². The molecule has 0 fully saturated rings. The molecule has 3 heteroatoms. The Balaban J connectivity index is 3.31. The Morgan fingerprint density at radius 3 is 2.61 bits per heavy atom. The third-order valence-electron chi connectivity index (χ3n) is 3.01. The second-order valence-electron chi connectivity index (χ2n) is 4.82. The van der Waals surface area contributed by atoms with Gasteiger partial charge in [-0.2, -0.15) is 0 Å². The summed E-state index contributed by atoms with van der Waals surface area (Å²) in [6.07, 6.45) is 3.40. The number of carbonyl (C=O) groups is 1. The van der Waals surface area contributed by atoms with Crippen LogP contribution in [0.3, 0.4) is 0 Å². The smallest absolute Gasteiger partial charge is 0.159 e. The summed E-state index contributed by atoms with van der Waals surface area (Å²) in [6, 6.07) is 1.96. The predicted molar refractivity (Wildman–Crippen MR) is 75.8 cm³/mol. The molecule has 0 heterocycles. The lowest BCUT2D eigenvalue weighted by Crippen LogP contribution is -2.15. The van der Waals surface area contributed by atoms with Gasteiger partial charge < -0.3 is 5.11 Å². The molecule has 0 aliphatic carbocycles. The highest BCUT2D eigenvalue weighted by molar-refractivity contribution is 6.35. The number of allylic oxidation sites excluding steroid dienone is 2. The summed E-state index contributed by atoms with van der Waals surface area (Å²) in [7, 11) is 5.82. The Kier molecular flexibility index (Phi) is 4.77. The number of hydrogen-bond acceptors (Lipinski definition) is 2. The third-order valence-corrected chi connectivity index (χ3v) is 3.01. The minimum atomic E-state index is -0.0297. The van der Waals surface area contributed by atoms with Crippen LogP contribution in [0, 0.1) is 6.92 Å². The Hall–Kier alpha value is -1.51. The minimum Gasteiger partial charge on any atom is -0.508 e. The zero-order valence-electron chi connectivity index (χ0n) is 11.4. The summed E-state index contributed by atoms with van der Waals surface area (Å²) in [5, 5.41) is 10.1. The van der Waals surface area contributed by atoms with Gasteiger partial charge in [0.05, 0.1) is 0 Å². The average molecular weight is 242 g/mol. The molecule has 0 unspecified atom stereocenters. The molecule has 94 valence electrons. The number of ketones is 1. The molecule has 0 aliphatic heterocycles. The van der Waals surface area contributed by atoms with Crippen LogP contribution in [0.1, 0.15) is 43.4 Å². The number of phenolic OH excluding ortho intramolecular Hbond substituents is 1. The van der Waals surface area contributed by atoms with Gasteiger partial charge >= 0.3 is 0 Å². The number of hydrogen-bond donors (Lipinski definition) is 1. The van der Waals surface area contributed by atoms with Gasteiger partial charge in [0.25, 0.3) is 0 Å². The van der Waals surface area contributed by atoms with Crippen molar-refractivity contribution in [3.63, 3.8) is 0 Å². The number of rotatable bonds is 4. The van der Waals surface area contributed by atoms with E-state index in [9.17, 15) is 9.90 Å². The second-order valence-corrected chi connectivity index (χ2v) is 4.82. The van der Waals surface area contributed by atoms with Gasteiger partial charge in [0.1, 0.15) is 13.6 Å². The second kappa shape index (κ2) is 5.90. The van der Waals surface area contributed by atoms with Crippen molar-refractivity contribution in [2.75, 3.05) is 0 Å². The molecular formula is C15H19BO2. The highest BCUT2D eigenvalue weighted by Crippen LogP contribution is 2.27. The van der Waals surface area contributed by atoms with Crippen LogP contribution in [0.15, 0.2) is 18.2 Å². The highest BCUT2D eigenvalue weighted by Gasteiger charge is 2.16. The van der Waals surface area contributed by atoms with Crippen molar-refractivity contribution < 1.29 is 9.90 Å². The summed E-state index contributed by atoms with van der Waals surface area (Å²) in [6.45, 7) is 7.73. The van der Waals surface area contributed by atoms with Crippen molar-refractivity contribution in [2.24, 2.45) is 0 Å². The molecule has 18 heavy (non-hydrogen) atoms. The van der Waals surface area contributed by atoms with Gasteiger partial charge in [-0.25, -0.2) is 0 Å². The molecule has 2 nitrogen and oxygen atoms in total. The number of benzene rings is 1. The quantitative estimate of drug-likeness (QED) is 0.649. The molecule has 2 radical (unpaired) electrons. The molecule has 0 saturated carbocycles. The fourth-order valence-corrected chi connectivity index (χ4v) is 2.00. The zero-order valence-corrected chi connectivity index (χ0v) is 11.4. The van der Waals surface area contributed by atoms with Crippen LogP contribution in [0.5, 0.6) is 5.75 Å². The van der Waals surface area contributed by atoms with Crippen LogP contribution in [-0.2, 0) is 11.2 Å². The predicted octanol–water partition coefficient (Wildman–Crippen LogP) is 2.31. The third kappa shape index (κ3) is 3.03. The maximum absolute atomic E-state index is 11.7. The largest absolute Gasteiger partial charge is 0.508 e. The number of phenols is 1. The summed E-state index contributed by atoms with van der Waals surface area (Å²) < 4.78 is 0. The molecule has 1 rings (SSSR count). The Bertz CT molecular complexity index is 488. The molecular weight excluding hydrogens is 223 g/mol. The topological polar surface area (TPSA) is 37.3 Å². The molecule has 0 amide bonds. The van der Waals surface area contributed by atoms with Crippen LogP contribution in [0.25, 0.3) is 0 Å². The monoisotopic (exact) mass is 242 g/mol. The standard InChI is InChI=1S/C15H19BO2/c1-5-6-11(17)8-13-12(9(2)3)7-10(4)14(16)15(13)18/h5-7,9,18H,8H2,1-4H3/b6-5-. The maximum Gasteiger partial charge on any atom is 0.159 e. The normalized spacial score (nSPS) is 11.4. The van der Waals surface area contributed by atoms with Crippen molar-refractivity contribution in [1.82, 2.24) is 0 Å². The number of aryl methyl sites for hydroxylation is 1. The lowest BCUT2D eigenvalue weighted by atomic mass is 9.82. The molecule has 1 N–H and O–H groups in total. The SMILES string of the molecule is [B]c1c(C)cc(C(C)C)c(CC(=O)/C=C\C)c1O. The molecule has 0 aliphatic rings. The van der Waals surface area contributed by atoms with Crippen molar-refractivity contribution in [3.05, 3.63) is 34.9 Å². The Labute approximate surface area is 110 Å². The Morgan fingerprint density at radius 2 is 2.11 bits per heavy atom. The summed E-state index contributed by atoms with van der Waals surface area (Å²) in [4.78, 5) is 11.7. The van der Waals surface area contributed by atoms with Crippen molar-refractivity contribution in [1.29, 1.82) is 0 Å². The first kappa shape index (κ1) is 14.6. The van der Waals surface area contributed by atoms with E-state index in [1.54, 1.807) is 13.0 Å². The van der Waals surface area contributed by atoms with E-state index in [1.165, 1.54) is 6.08 Å². The summed E-state index contributed by atoms with van der Waals surface area (Å²) in [5.41, 5.74) is 2.84. The molecule has 1 aromatic rings. The van der Waals surface area contributed by atoms with Gasteiger partial charge in [-0.1, -0.05) is 37.0 Å². The first-order valence-electron chi connectivity index (χ1n) is 6.14. The van der Waals surface area contributed by atoms with E-state index in [-0.39, 0.29) is 23.9 Å². The summed E-state index contributed by atoms with van der Waals surface area (Å²) in [5.74, 6) is 0.262. The highest BCUT2D eigenvalue weighted by atomic mass is 16.3. The Morgan fingerprint density at radius 1 is 1.50 bits per heavy atom. The van der Waals surface area contributed by atoms with E-state index in [0.29, 0.717) is 11.0 Å². The molecule has 1 aromatic carbocycles. The van der Waals surface area contributed by atoms with Crippen molar-refractivity contribution in [3.8, 4) is 5.75 Å². The number of aromatic hydroxyl groups is 1. The van der Waals surface area contributed by atoms with Gasteiger partial charge in [-0.05, 0) is 31.4 Å². The molecule has 0 atom stereocenters. The lowest BCUT2D eigenvalue weighted by molar-refractivity contribution is -0.114. The molecule has 0 bridgehead atoms. The van der Waals surface area contributed by atoms with Crippen molar-refractivity contribution in [2.45, 2.75) is 40.0 Å². The van der Waals surface area contributed by atoms with Gasteiger partial charge in [0, 0.05) is 12.0 Å². The minimum absolute atomic E-state index is 0.0297. The van der Waals surface area contributed by atoms with Crippen LogP contribution >= 0.6 is 0 Å². The van der Waals surface area contributed by atoms with Crippen molar-refractivity contribution >= 4 is 19.1 Å². The first-order chi connectivity index (χ1) is 8.38. The van der Waals surface area contributed by atoms with Crippen LogP contribution in [0.4, 0.5) is 0 Å². The zero-order chi connectivity index (χ0) is 13.9. The van der Waals surface area contributed by atoms with Gasteiger partial charge in [-0.15, -0.1) is 0 Å². The lowest BCUT2D eigenvalue weighted by Gasteiger charge is -2.17. The number of carbonyl (C=O) groups excluding carboxylic acids is 1. The van der Waals surface area contributed by atoms with E-state index < -0.39 is 0 Å². The van der Waals surface area contributed by atoms with Crippen LogP contribution in [0.2, 0.25) is 0 Å². The first-order valence-corrected chi connectivity index (χ1v) is 6.14. The van der Waals surface area contributed by atoms with Crippen LogP contribution in [-0.4, -0.2) is 18.7 Å². The van der Waals surface area contributed by atoms with E-state index in [2.05, 4.69) is 0 Å². The fraction of sp³-hybridized carbons (Fsp3) is 0.400. The van der Waals surface area contributed by atoms with Gasteiger partial charge in [0.15, 0.2) is 5.78 Å². The average Bonchev–Trinajstić information content (AvgIpc) is 2.29. The maximum atomic E-state index is 11.7. The van der Waals surface area contributed by atoms with Crippen LogP contribution < -0.4 is 5.46 Å². The molecule has 0 saturated heterocycles. The van der Waals surface area contributed by atoms with E-state index >= 15 is 0 Å². The van der Waals surface area contributed by atoms with E-state index in [1.807, 2.05) is 26.8 Å². The molecule has 0 aromatic heterocycles. The summed E-state index contributed by atoms with van der Waals surface area (Å²) >= 11 is 0. The van der Waals surface area contributed by atoms with E-state index in [4.69, 9.17) is 7.85 Å². The molecule has 0 spiro atoms.